The van der Waals surface area contributed by atoms with E-state index in [9.17, 15) is 72.5 Å². The Bertz CT molecular complexity index is 3670. The fraction of sp³-hybridized carbons (Fsp3) is 0.458. The Morgan fingerprint density at radius 2 is 0.743 bits per heavy atom. The van der Waals surface area contributed by atoms with E-state index in [0.717, 1.165) is 11.1 Å². The number of aromatic hydroxyl groups is 1. The predicted octanol–water partition coefficient (Wildman–Crippen LogP) is -5.57. The summed E-state index contributed by atoms with van der Waals surface area (Å²) in [4.78, 5) is 177. The molecule has 0 saturated heterocycles. The zero-order valence-corrected chi connectivity index (χ0v) is 61.2. The first kappa shape index (κ1) is 89.6. The molecule has 10 atom stereocenters. The van der Waals surface area contributed by atoms with Gasteiger partial charge in [-0.2, -0.15) is 0 Å². The Hall–Kier alpha value is -11.8. The van der Waals surface area contributed by atoms with Crippen LogP contribution in [-0.2, 0) is 81.6 Å². The number of carbonyl (C=O) groups excluding carboxylic acids is 13. The minimum absolute atomic E-state index is 0.0292. The third-order valence-corrected chi connectivity index (χ3v) is 16.9. The molecule has 109 heavy (non-hydrogen) atoms. The molecule has 0 bridgehead atoms. The molecule has 0 unspecified atom stereocenters. The second-order valence-corrected chi connectivity index (χ2v) is 25.8. The van der Waals surface area contributed by atoms with E-state index in [1.165, 1.54) is 26.0 Å². The summed E-state index contributed by atoms with van der Waals surface area (Å²) < 4.78 is 0. The molecule has 0 aliphatic heterocycles. The van der Waals surface area contributed by atoms with Crippen LogP contribution in [0.1, 0.15) is 94.7 Å². The molecule has 0 heterocycles. The Morgan fingerprint density at radius 3 is 1.26 bits per heavy atom. The summed E-state index contributed by atoms with van der Waals surface area (Å²) in [5.41, 5.74) is 37.4. The fourth-order valence-corrected chi connectivity index (χ4v) is 10.8. The maximum absolute atomic E-state index is 14.5. The van der Waals surface area contributed by atoms with Crippen molar-refractivity contribution in [2.24, 2.45) is 34.4 Å². The minimum Gasteiger partial charge on any atom is -0.508 e. The van der Waals surface area contributed by atoms with Gasteiger partial charge in [0.25, 0.3) is 0 Å². The molecule has 0 aromatic heterocycles. The number of benzene rings is 4. The number of rotatable bonds is 49. The average Bonchev–Trinajstić information content (AvgIpc) is 0.854. The first-order valence-electron chi connectivity index (χ1n) is 35.7. The quantitative estimate of drug-likeness (QED) is 0.0111. The normalized spacial score (nSPS) is 13.6. The number of nitrogens with two attached hydrogens (primary N) is 6. The van der Waals surface area contributed by atoms with E-state index in [1.807, 2.05) is 42.5 Å². The standard InChI is InChI=1S/C72H106N22O15/c1-42(62(101)90-54(22-14-34-82-72(79)80)67(106)92-52(20-10-12-32-74)68(107)94-57(41-95)70(109)87-43(2)63(102)91-53(21-13-33-81-71(77)78)66(105)89-51(61(76)100)19-9-11-31-73)86-59(98)40-85-65(104)55(37-46-23-27-48(28-24-46)47-17-7-4-8-18-47)93-69(108)56(36-44-15-5-3-6-16-44)88-60(99)39-83-58(97)38-84-64(103)50(75)35-45-25-29-49(96)30-26-45/h3-8,15-18,23-30,42-43,50-57,95-96H,9-14,19-22,31-41,73-75H2,1-2H3,(H2,76,100)(H,83,97)(H,84,103)(H,85,104)(H,86,98)(H,87,109)(H,88,99)(H,89,105)(H,90,101)(H,91,102)(H,92,106)(H,93,108)(H,94,107)(H4,77,78,81)(H4,79,80,82)/t42-,43-,50-,51-,52-,53-,54-,55-,56-,57-/m0/s1. The largest absolute Gasteiger partial charge is 0.508 e. The van der Waals surface area contributed by atoms with E-state index in [-0.39, 0.29) is 95.6 Å². The van der Waals surface area contributed by atoms with E-state index in [1.54, 1.807) is 54.6 Å². The Balaban J connectivity index is 1.47. The van der Waals surface area contributed by atoms with Crippen LogP contribution in [0, 0.1) is 10.8 Å². The number of primary amides is 1. The number of phenols is 1. The van der Waals surface area contributed by atoms with Crippen LogP contribution in [0.2, 0.25) is 0 Å². The van der Waals surface area contributed by atoms with Gasteiger partial charge in [0, 0.05) is 25.9 Å². The Kier molecular flexibility index (Phi) is 39.8. The molecule has 0 radical (unpaired) electrons. The zero-order valence-electron chi connectivity index (χ0n) is 61.2. The van der Waals surface area contributed by atoms with Crippen LogP contribution >= 0.6 is 0 Å². The maximum atomic E-state index is 14.5. The van der Waals surface area contributed by atoms with Gasteiger partial charge in [0.05, 0.1) is 32.3 Å². The number of aliphatic hydroxyl groups excluding tert-OH is 1. The first-order valence-corrected chi connectivity index (χ1v) is 35.7. The molecular weight excluding hydrogens is 1410 g/mol. The first-order chi connectivity index (χ1) is 52.0. The van der Waals surface area contributed by atoms with Crippen molar-refractivity contribution in [3.05, 3.63) is 126 Å². The van der Waals surface area contributed by atoms with Crippen LogP contribution in [0.15, 0.2) is 109 Å². The lowest BCUT2D eigenvalue weighted by molar-refractivity contribution is -0.136. The summed E-state index contributed by atoms with van der Waals surface area (Å²) in [5.74, 6) is -12.0. The Morgan fingerprint density at radius 1 is 0.367 bits per heavy atom. The SMILES string of the molecule is C[C@H](NC(=O)CNC(=O)[C@H](Cc1ccc(-c2ccccc2)cc1)NC(=O)[C@H](Cc1ccccc1)NC(=O)CNC(=O)CNC(=O)[C@@H](N)Cc1ccc(O)cc1)C(=O)N[C@@H](CCCNC(=N)N)C(=O)N[C@@H](CCCCN)C(=O)N[C@@H](CO)C(=O)N[C@@H](C)C(=O)N[C@@H](CCCNC(=N)N)C(=O)N[C@@H](CCCCN)C(N)=O. The van der Waals surface area contributed by atoms with Gasteiger partial charge in [-0.15, -0.1) is 0 Å². The van der Waals surface area contributed by atoms with Crippen molar-refractivity contribution in [1.29, 1.82) is 10.8 Å². The van der Waals surface area contributed by atoms with Crippen molar-refractivity contribution < 1.29 is 72.5 Å². The summed E-state index contributed by atoms with van der Waals surface area (Å²) in [6, 6.07) is 17.5. The van der Waals surface area contributed by atoms with Crippen molar-refractivity contribution in [3.8, 4) is 16.9 Å². The molecule has 0 aliphatic carbocycles. The molecule has 0 saturated carbocycles. The number of hydrogen-bond acceptors (Lipinski definition) is 20. The highest BCUT2D eigenvalue weighted by Crippen LogP contribution is 2.20. The highest BCUT2D eigenvalue weighted by molar-refractivity contribution is 5.99. The van der Waals surface area contributed by atoms with E-state index < -0.39 is 169 Å². The number of aliphatic hydroxyl groups is 1. The number of guanidine groups is 2. The third-order valence-electron chi connectivity index (χ3n) is 16.9. The van der Waals surface area contributed by atoms with Crippen LogP contribution < -0.4 is 109 Å². The van der Waals surface area contributed by atoms with Gasteiger partial charge in [-0.1, -0.05) is 97.1 Å². The van der Waals surface area contributed by atoms with Gasteiger partial charge in [0.1, 0.15) is 60.1 Å². The molecule has 0 spiro atoms. The summed E-state index contributed by atoms with van der Waals surface area (Å²) >= 11 is 0. The van der Waals surface area contributed by atoms with Crippen LogP contribution in [-0.4, -0.2) is 212 Å². The van der Waals surface area contributed by atoms with Gasteiger partial charge in [-0.25, -0.2) is 0 Å². The van der Waals surface area contributed by atoms with E-state index in [0.29, 0.717) is 42.5 Å². The molecule has 37 nitrogen and oxygen atoms in total. The Labute approximate surface area is 631 Å². The smallest absolute Gasteiger partial charge is 0.245 e. The summed E-state index contributed by atoms with van der Waals surface area (Å²) in [6.45, 7) is 0.237. The van der Waals surface area contributed by atoms with E-state index in [2.05, 4.69) is 74.4 Å². The van der Waals surface area contributed by atoms with Gasteiger partial charge < -0.3 is 119 Å². The molecule has 37 heteroatoms. The van der Waals surface area contributed by atoms with Gasteiger partial charge in [-0.05, 0) is 138 Å². The molecule has 4 aromatic carbocycles. The van der Waals surface area contributed by atoms with Crippen LogP contribution in [0.3, 0.4) is 0 Å². The summed E-state index contributed by atoms with van der Waals surface area (Å²) in [6.07, 6.45) is 1.63. The molecular formula is C72H106N22O15. The topological polar surface area (TPSA) is 635 Å². The molecule has 30 N–H and O–H groups in total. The lowest BCUT2D eigenvalue weighted by Crippen LogP contribution is -2.60. The zero-order chi connectivity index (χ0) is 80.4. The molecule has 4 aromatic rings. The van der Waals surface area contributed by atoms with Crippen LogP contribution in [0.25, 0.3) is 11.1 Å². The van der Waals surface area contributed by atoms with Gasteiger partial charge in [0.15, 0.2) is 11.9 Å². The molecule has 594 valence electrons. The number of phenolic OH excluding ortho intramolecular Hbond substituents is 1. The number of carbonyl (C=O) groups is 13. The summed E-state index contributed by atoms with van der Waals surface area (Å²) in [7, 11) is 0. The van der Waals surface area contributed by atoms with Crippen molar-refractivity contribution >= 4 is 88.7 Å². The van der Waals surface area contributed by atoms with Crippen LogP contribution in [0.4, 0.5) is 0 Å². The van der Waals surface area contributed by atoms with Crippen molar-refractivity contribution in [2.45, 2.75) is 158 Å². The monoisotopic (exact) mass is 1520 g/mol. The predicted molar refractivity (Wildman–Crippen MR) is 404 cm³/mol. The van der Waals surface area contributed by atoms with Gasteiger partial charge >= 0.3 is 0 Å². The average molecular weight is 1520 g/mol. The summed E-state index contributed by atoms with van der Waals surface area (Å²) in [5, 5.41) is 70.2. The maximum Gasteiger partial charge on any atom is 0.245 e. The highest BCUT2D eigenvalue weighted by Gasteiger charge is 2.34. The van der Waals surface area contributed by atoms with Crippen molar-refractivity contribution in [1.82, 2.24) is 74.4 Å². The second-order valence-electron chi connectivity index (χ2n) is 25.8. The number of nitrogens with one attached hydrogen (secondary N) is 16. The van der Waals surface area contributed by atoms with Gasteiger partial charge in [0.2, 0.25) is 76.8 Å². The van der Waals surface area contributed by atoms with Crippen molar-refractivity contribution in [3.63, 3.8) is 0 Å². The van der Waals surface area contributed by atoms with Crippen LogP contribution in [0.5, 0.6) is 5.75 Å². The number of unbranched alkanes of at least 4 members (excludes halogenated alkanes) is 2. The molecule has 4 rings (SSSR count). The highest BCUT2D eigenvalue weighted by atomic mass is 16.3. The molecule has 0 aliphatic rings. The lowest BCUT2D eigenvalue weighted by Gasteiger charge is -2.26. The minimum atomic E-state index is -1.73. The fourth-order valence-electron chi connectivity index (χ4n) is 10.8. The van der Waals surface area contributed by atoms with E-state index >= 15 is 0 Å². The van der Waals surface area contributed by atoms with Crippen molar-refractivity contribution in [2.75, 3.05) is 52.4 Å². The molecule has 0 fully saturated rings. The van der Waals surface area contributed by atoms with E-state index in [4.69, 9.17) is 45.2 Å². The van der Waals surface area contributed by atoms with Gasteiger partial charge in [-0.3, -0.25) is 73.1 Å². The number of amides is 13. The number of hydrogen-bond donors (Lipinski definition) is 24. The second kappa shape index (κ2) is 48.4. The lowest BCUT2D eigenvalue weighted by atomic mass is 9.99. The molecule has 13 amide bonds. The third kappa shape index (κ3) is 34.5.